The average Bonchev–Trinajstić information content (AvgIpc) is 2.99. The van der Waals surface area contributed by atoms with E-state index in [9.17, 15) is 4.79 Å². The van der Waals surface area contributed by atoms with Gasteiger partial charge < -0.3 is 5.11 Å². The van der Waals surface area contributed by atoms with Gasteiger partial charge in [-0.05, 0) is 49.1 Å². The Balaban J connectivity index is 1.60. The first kappa shape index (κ1) is 12.0. The number of carboxylic acid groups (broad SMARTS) is 1. The summed E-state index contributed by atoms with van der Waals surface area (Å²) in [4.78, 5) is 15.7. The molecule has 0 amide bonds. The lowest BCUT2D eigenvalue weighted by atomic mass is 9.90. The molecule has 2 saturated carbocycles. The van der Waals surface area contributed by atoms with Gasteiger partial charge in [0.25, 0.3) is 0 Å². The van der Waals surface area contributed by atoms with Gasteiger partial charge in [-0.1, -0.05) is 6.42 Å². The molecule has 0 radical (unpaired) electrons. The summed E-state index contributed by atoms with van der Waals surface area (Å²) >= 11 is 1.79. The highest BCUT2D eigenvalue weighted by Crippen LogP contribution is 2.49. The van der Waals surface area contributed by atoms with E-state index in [-0.39, 0.29) is 5.69 Å². The van der Waals surface area contributed by atoms with Gasteiger partial charge in [0.2, 0.25) is 0 Å². The maximum absolute atomic E-state index is 10.8. The second-order valence-electron chi connectivity index (χ2n) is 5.43. The highest BCUT2D eigenvalue weighted by Gasteiger charge is 2.39. The highest BCUT2D eigenvalue weighted by molar-refractivity contribution is 7.99. The molecular weight excluding hydrogens is 246 g/mol. The summed E-state index contributed by atoms with van der Waals surface area (Å²) in [6, 6.07) is 3.59. The molecule has 1 heterocycles. The van der Waals surface area contributed by atoms with Crippen molar-refractivity contribution in [3.05, 3.63) is 24.0 Å². The Morgan fingerprint density at radius 2 is 2.33 bits per heavy atom. The van der Waals surface area contributed by atoms with Crippen molar-refractivity contribution in [2.24, 2.45) is 17.8 Å². The van der Waals surface area contributed by atoms with Crippen molar-refractivity contribution in [2.75, 3.05) is 5.75 Å². The van der Waals surface area contributed by atoms with Gasteiger partial charge in [-0.15, -0.1) is 11.8 Å². The zero-order valence-electron chi connectivity index (χ0n) is 10.2. The van der Waals surface area contributed by atoms with Gasteiger partial charge in [0.15, 0.2) is 0 Å². The smallest absolute Gasteiger partial charge is 0.354 e. The molecule has 0 spiro atoms. The Labute approximate surface area is 111 Å². The largest absolute Gasteiger partial charge is 0.477 e. The van der Waals surface area contributed by atoms with E-state index in [2.05, 4.69) is 4.98 Å². The molecule has 2 fully saturated rings. The molecule has 2 aliphatic carbocycles. The second kappa shape index (κ2) is 4.92. The van der Waals surface area contributed by atoms with Crippen LogP contribution in [0.2, 0.25) is 0 Å². The molecule has 3 rings (SSSR count). The molecule has 2 aliphatic rings. The van der Waals surface area contributed by atoms with Gasteiger partial charge in [-0.2, -0.15) is 0 Å². The number of carbonyl (C=O) groups is 1. The molecule has 3 nitrogen and oxygen atoms in total. The van der Waals surface area contributed by atoms with Crippen molar-refractivity contribution in [2.45, 2.75) is 30.6 Å². The lowest BCUT2D eigenvalue weighted by Gasteiger charge is -2.20. The molecule has 2 bridgehead atoms. The fraction of sp³-hybridized carbons (Fsp3) is 0.571. The summed E-state index contributed by atoms with van der Waals surface area (Å²) in [6.07, 6.45) is 7.25. The predicted molar refractivity (Wildman–Crippen MR) is 70.9 cm³/mol. The van der Waals surface area contributed by atoms with E-state index in [1.54, 1.807) is 24.0 Å². The molecule has 0 saturated heterocycles. The molecule has 3 unspecified atom stereocenters. The predicted octanol–water partition coefficient (Wildman–Crippen LogP) is 3.31. The molecule has 4 heteroatoms. The molecule has 1 N–H and O–H groups in total. The molecule has 0 aliphatic heterocycles. The summed E-state index contributed by atoms with van der Waals surface area (Å²) in [7, 11) is 0. The Kier molecular flexibility index (Phi) is 3.29. The van der Waals surface area contributed by atoms with E-state index in [0.29, 0.717) is 0 Å². The van der Waals surface area contributed by atoms with Gasteiger partial charge >= 0.3 is 5.97 Å². The van der Waals surface area contributed by atoms with Gasteiger partial charge in [0.1, 0.15) is 5.69 Å². The third-order valence-electron chi connectivity index (χ3n) is 4.30. The van der Waals surface area contributed by atoms with Gasteiger partial charge in [0, 0.05) is 16.8 Å². The van der Waals surface area contributed by atoms with Crippen molar-refractivity contribution in [3.63, 3.8) is 0 Å². The molecule has 1 aromatic heterocycles. The zero-order valence-corrected chi connectivity index (χ0v) is 11.0. The van der Waals surface area contributed by atoms with Crippen LogP contribution in [0.1, 0.15) is 36.2 Å². The first-order chi connectivity index (χ1) is 8.72. The third-order valence-corrected chi connectivity index (χ3v) is 5.48. The maximum atomic E-state index is 10.8. The van der Waals surface area contributed by atoms with E-state index in [1.807, 2.05) is 6.07 Å². The topological polar surface area (TPSA) is 50.2 Å². The van der Waals surface area contributed by atoms with Crippen molar-refractivity contribution < 1.29 is 9.90 Å². The first-order valence-electron chi connectivity index (χ1n) is 6.54. The van der Waals surface area contributed by atoms with Crippen LogP contribution in [0.4, 0.5) is 0 Å². The van der Waals surface area contributed by atoms with Gasteiger partial charge in [-0.25, -0.2) is 9.78 Å². The normalized spacial score (nSPS) is 29.7. The minimum atomic E-state index is -0.947. The van der Waals surface area contributed by atoms with Crippen LogP contribution in [-0.4, -0.2) is 21.8 Å². The lowest BCUT2D eigenvalue weighted by Crippen LogP contribution is -2.12. The summed E-state index contributed by atoms with van der Waals surface area (Å²) in [5.74, 6) is 2.94. The van der Waals surface area contributed by atoms with E-state index < -0.39 is 5.97 Å². The average molecular weight is 263 g/mol. The number of hydrogen-bond acceptors (Lipinski definition) is 3. The Bertz CT molecular complexity index is 463. The summed E-state index contributed by atoms with van der Waals surface area (Å²) in [5, 5.41) is 8.90. The first-order valence-corrected chi connectivity index (χ1v) is 7.53. The van der Waals surface area contributed by atoms with E-state index in [1.165, 1.54) is 25.7 Å². The van der Waals surface area contributed by atoms with Crippen molar-refractivity contribution in [1.29, 1.82) is 0 Å². The monoisotopic (exact) mass is 263 g/mol. The quantitative estimate of drug-likeness (QED) is 0.847. The van der Waals surface area contributed by atoms with Crippen LogP contribution in [0.15, 0.2) is 23.2 Å². The molecule has 0 aromatic carbocycles. The van der Waals surface area contributed by atoms with E-state index >= 15 is 0 Å². The number of hydrogen-bond donors (Lipinski definition) is 1. The van der Waals surface area contributed by atoms with Crippen LogP contribution < -0.4 is 0 Å². The lowest BCUT2D eigenvalue weighted by molar-refractivity contribution is 0.0690. The standard InChI is InChI=1S/C14H17NO2S/c16-14(17)13-7-12(3-4-15-13)18-8-11-6-9-1-2-10(11)5-9/h3-4,7,9-11H,1-2,5-6,8H2,(H,16,17). The number of thioether (sulfide) groups is 1. The minimum absolute atomic E-state index is 0.146. The summed E-state index contributed by atoms with van der Waals surface area (Å²) in [5.41, 5.74) is 0.146. The highest BCUT2D eigenvalue weighted by atomic mass is 32.2. The Hall–Kier alpha value is -1.03. The van der Waals surface area contributed by atoms with E-state index in [0.717, 1.165) is 28.4 Å². The Morgan fingerprint density at radius 3 is 3.00 bits per heavy atom. The maximum Gasteiger partial charge on any atom is 0.354 e. The SMILES string of the molecule is O=C(O)c1cc(SCC2CC3CCC2C3)ccn1. The molecule has 18 heavy (non-hydrogen) atoms. The van der Waals surface area contributed by atoms with Crippen LogP contribution in [0.5, 0.6) is 0 Å². The number of fused-ring (bicyclic) bond motifs is 2. The number of carboxylic acids is 1. The molecule has 3 atom stereocenters. The fourth-order valence-electron chi connectivity index (χ4n) is 3.40. The van der Waals surface area contributed by atoms with Crippen LogP contribution >= 0.6 is 11.8 Å². The molecule has 1 aromatic rings. The van der Waals surface area contributed by atoms with Gasteiger partial charge in [0.05, 0.1) is 0 Å². The number of rotatable bonds is 4. The van der Waals surface area contributed by atoms with Crippen LogP contribution in [0.3, 0.4) is 0 Å². The Morgan fingerprint density at radius 1 is 1.44 bits per heavy atom. The van der Waals surface area contributed by atoms with Crippen molar-refractivity contribution in [3.8, 4) is 0 Å². The van der Waals surface area contributed by atoms with Crippen molar-refractivity contribution >= 4 is 17.7 Å². The number of aromatic carboxylic acids is 1. The minimum Gasteiger partial charge on any atom is -0.477 e. The number of aromatic nitrogens is 1. The fourth-order valence-corrected chi connectivity index (χ4v) is 4.57. The number of pyridine rings is 1. The van der Waals surface area contributed by atoms with E-state index in [4.69, 9.17) is 5.11 Å². The van der Waals surface area contributed by atoms with Crippen LogP contribution in [0, 0.1) is 17.8 Å². The van der Waals surface area contributed by atoms with Crippen LogP contribution in [-0.2, 0) is 0 Å². The van der Waals surface area contributed by atoms with Gasteiger partial charge in [-0.3, -0.25) is 0 Å². The van der Waals surface area contributed by atoms with Crippen molar-refractivity contribution in [1.82, 2.24) is 4.98 Å². The van der Waals surface area contributed by atoms with Crippen LogP contribution in [0.25, 0.3) is 0 Å². The summed E-state index contributed by atoms with van der Waals surface area (Å²) in [6.45, 7) is 0. The number of nitrogens with zero attached hydrogens (tertiary/aromatic N) is 1. The second-order valence-corrected chi connectivity index (χ2v) is 6.52. The summed E-state index contributed by atoms with van der Waals surface area (Å²) < 4.78 is 0. The molecule has 96 valence electrons. The third kappa shape index (κ3) is 2.39. The zero-order chi connectivity index (χ0) is 12.5. The molecular formula is C14H17NO2S.